The number of nitrogens with zero attached hydrogens (tertiary/aromatic N) is 5. The van der Waals surface area contributed by atoms with Crippen molar-refractivity contribution in [2.45, 2.75) is 13.0 Å². The summed E-state index contributed by atoms with van der Waals surface area (Å²) in [5.74, 6) is 1.37. The molecule has 1 atom stereocenters. The molecule has 0 saturated carbocycles. The summed E-state index contributed by atoms with van der Waals surface area (Å²) in [6.07, 6.45) is 15.1. The monoisotopic (exact) mass is 438 g/mol. The van der Waals surface area contributed by atoms with E-state index in [9.17, 15) is 4.79 Å². The molecule has 1 fully saturated rings. The predicted molar refractivity (Wildman–Crippen MR) is 125 cm³/mol. The van der Waals surface area contributed by atoms with Crippen LogP contribution in [0.25, 0.3) is 11.4 Å². The summed E-state index contributed by atoms with van der Waals surface area (Å²) < 4.78 is 12.2. The van der Waals surface area contributed by atoms with Crippen molar-refractivity contribution >= 4 is 5.95 Å². The molecule has 9 heteroatoms. The van der Waals surface area contributed by atoms with Gasteiger partial charge in [0.05, 0.1) is 18.5 Å². The summed E-state index contributed by atoms with van der Waals surface area (Å²) in [7, 11) is 5.01. The molecular weight excluding hydrogens is 408 g/mol. The molecule has 2 aromatic rings. The third-order valence-corrected chi connectivity index (χ3v) is 5.03. The first kappa shape index (κ1) is 24.8. The molecule has 0 bridgehead atoms. The maximum absolute atomic E-state index is 12.6. The van der Waals surface area contributed by atoms with Crippen molar-refractivity contribution in [3.05, 3.63) is 58.5 Å². The number of terminal acetylenes is 1. The lowest BCUT2D eigenvalue weighted by atomic mass is 10.0. The fourth-order valence-electron chi connectivity index (χ4n) is 3.41. The highest BCUT2D eigenvalue weighted by Gasteiger charge is 2.25. The molecule has 1 unspecified atom stereocenters. The molecule has 0 spiro atoms. The molecule has 32 heavy (non-hydrogen) atoms. The summed E-state index contributed by atoms with van der Waals surface area (Å²) in [5.41, 5.74) is 2.12. The first-order chi connectivity index (χ1) is 15.6. The number of methoxy groups -OCH3 is 2. The van der Waals surface area contributed by atoms with Crippen molar-refractivity contribution in [3.8, 4) is 24.2 Å². The van der Waals surface area contributed by atoms with Gasteiger partial charge in [-0.15, -0.1) is 12.8 Å². The zero-order chi connectivity index (χ0) is 23.5. The van der Waals surface area contributed by atoms with Crippen LogP contribution >= 0.6 is 0 Å². The highest BCUT2D eigenvalue weighted by molar-refractivity contribution is 5.55. The van der Waals surface area contributed by atoms with Crippen molar-refractivity contribution < 1.29 is 9.47 Å². The predicted octanol–water partition coefficient (Wildman–Crippen LogP) is 1.39. The fourth-order valence-corrected chi connectivity index (χ4v) is 3.41. The first-order valence-corrected chi connectivity index (χ1v) is 10.1. The van der Waals surface area contributed by atoms with Crippen LogP contribution in [0.4, 0.5) is 5.95 Å². The van der Waals surface area contributed by atoms with E-state index in [-0.39, 0.29) is 11.6 Å². The second-order valence-corrected chi connectivity index (χ2v) is 6.92. The van der Waals surface area contributed by atoms with Crippen LogP contribution in [0, 0.1) is 12.8 Å². The Balaban J connectivity index is 0.00000176. The Morgan fingerprint density at radius 3 is 2.75 bits per heavy atom. The number of aromatic nitrogens is 4. The van der Waals surface area contributed by atoms with E-state index in [0.29, 0.717) is 30.5 Å². The van der Waals surface area contributed by atoms with Gasteiger partial charge >= 0.3 is 0 Å². The number of anilines is 1. The number of nitrogens with one attached hydrogen (secondary N) is 1. The van der Waals surface area contributed by atoms with Crippen LogP contribution in [0.15, 0.2) is 52.9 Å². The summed E-state index contributed by atoms with van der Waals surface area (Å²) in [5, 5.41) is 3.54. The molecule has 0 aliphatic carbocycles. The highest BCUT2D eigenvalue weighted by atomic mass is 16.5. The zero-order valence-electron chi connectivity index (χ0n) is 19.0. The van der Waals surface area contributed by atoms with E-state index in [4.69, 9.17) is 14.5 Å². The molecule has 1 aliphatic rings. The normalized spacial score (nSPS) is 16.8. The molecule has 170 valence electrons. The Morgan fingerprint density at radius 2 is 2.12 bits per heavy atom. The minimum Gasteiger partial charge on any atom is -0.499 e. The van der Waals surface area contributed by atoms with E-state index < -0.39 is 0 Å². The minimum absolute atomic E-state index is 0.0605. The van der Waals surface area contributed by atoms with Crippen LogP contribution in [0.5, 0.6) is 0 Å². The van der Waals surface area contributed by atoms with Crippen molar-refractivity contribution in [2.24, 2.45) is 7.05 Å². The lowest BCUT2D eigenvalue weighted by Crippen LogP contribution is -2.52. The van der Waals surface area contributed by atoms with Crippen LogP contribution in [0.1, 0.15) is 6.92 Å². The summed E-state index contributed by atoms with van der Waals surface area (Å²) in [4.78, 5) is 27.6. The van der Waals surface area contributed by atoms with Crippen LogP contribution in [-0.4, -0.2) is 66.0 Å². The van der Waals surface area contributed by atoms with Crippen molar-refractivity contribution in [1.29, 1.82) is 0 Å². The molecule has 1 aliphatic heterocycles. The third-order valence-electron chi connectivity index (χ3n) is 5.03. The smallest absolute Gasteiger partial charge is 0.255 e. The summed E-state index contributed by atoms with van der Waals surface area (Å²) in [6, 6.07) is 3.31. The maximum atomic E-state index is 12.6. The molecule has 1 saturated heterocycles. The topological polar surface area (TPSA) is 94.4 Å². The second kappa shape index (κ2) is 12.4. The van der Waals surface area contributed by atoms with E-state index in [0.717, 1.165) is 24.4 Å². The molecule has 2 aromatic heterocycles. The van der Waals surface area contributed by atoms with E-state index in [1.165, 1.54) is 12.4 Å². The van der Waals surface area contributed by atoms with Crippen LogP contribution in [0.2, 0.25) is 0 Å². The number of hydrogen-bond donors (Lipinski definition) is 1. The van der Waals surface area contributed by atoms with Gasteiger partial charge in [0, 0.05) is 52.1 Å². The van der Waals surface area contributed by atoms with E-state index in [1.807, 2.05) is 13.0 Å². The van der Waals surface area contributed by atoms with Crippen LogP contribution in [0.3, 0.4) is 0 Å². The minimum atomic E-state index is -0.128. The molecule has 1 N–H and O–H groups in total. The van der Waals surface area contributed by atoms with Gasteiger partial charge in [-0.1, -0.05) is 6.08 Å². The Kier molecular flexibility index (Phi) is 9.60. The van der Waals surface area contributed by atoms with Gasteiger partial charge in [-0.05, 0) is 24.6 Å². The standard InChI is InChI=1S/C21H28N6O3.C2H2/c1-5-15(10-16(30-4)13-29-3)19-12-27(9-8-23-19)21-25-18(11-20(28)26(21)2)17-6-7-22-14-24-17;1-2/h5-7,10-11,14,19,23H,8-9,12-13H2,1-4H3;1-2H/b15-5+,16-10+;. The number of ether oxygens (including phenoxy) is 2. The van der Waals surface area contributed by atoms with Gasteiger partial charge < -0.3 is 19.7 Å². The lowest BCUT2D eigenvalue weighted by Gasteiger charge is -2.35. The largest absolute Gasteiger partial charge is 0.499 e. The van der Waals surface area contributed by atoms with Gasteiger partial charge in [-0.25, -0.2) is 15.0 Å². The van der Waals surface area contributed by atoms with Crippen molar-refractivity contribution in [3.63, 3.8) is 0 Å². The van der Waals surface area contributed by atoms with Crippen LogP contribution < -0.4 is 15.8 Å². The van der Waals surface area contributed by atoms with E-state index in [1.54, 1.807) is 38.1 Å². The Hall–Kier alpha value is -3.48. The van der Waals surface area contributed by atoms with Gasteiger partial charge in [-0.3, -0.25) is 9.36 Å². The van der Waals surface area contributed by atoms with Crippen molar-refractivity contribution in [2.75, 3.05) is 45.4 Å². The molecule has 3 rings (SSSR count). The maximum Gasteiger partial charge on any atom is 0.255 e. The van der Waals surface area contributed by atoms with E-state index >= 15 is 0 Å². The molecule has 3 heterocycles. The Morgan fingerprint density at radius 1 is 1.34 bits per heavy atom. The summed E-state index contributed by atoms with van der Waals surface area (Å²) in [6.45, 7) is 4.56. The second-order valence-electron chi connectivity index (χ2n) is 6.92. The number of piperazine rings is 1. The summed E-state index contributed by atoms with van der Waals surface area (Å²) >= 11 is 0. The molecule has 9 nitrogen and oxygen atoms in total. The van der Waals surface area contributed by atoms with Crippen LogP contribution in [-0.2, 0) is 16.5 Å². The van der Waals surface area contributed by atoms with Gasteiger partial charge in [0.2, 0.25) is 5.95 Å². The van der Waals surface area contributed by atoms with Crippen molar-refractivity contribution in [1.82, 2.24) is 24.8 Å². The molecule has 0 radical (unpaired) electrons. The Labute approximate surface area is 188 Å². The third kappa shape index (κ3) is 6.03. The number of rotatable bonds is 7. The molecular formula is C23H30N6O3. The van der Waals surface area contributed by atoms with E-state index in [2.05, 4.69) is 39.1 Å². The van der Waals surface area contributed by atoms with Gasteiger partial charge in [0.25, 0.3) is 5.56 Å². The zero-order valence-corrected chi connectivity index (χ0v) is 19.0. The highest BCUT2D eigenvalue weighted by Crippen LogP contribution is 2.20. The Bertz CT molecular complexity index is 1010. The number of allylic oxidation sites excluding steroid dienone is 1. The SMILES string of the molecule is C#C.C/C=C(\C=C(/COC)OC)C1CN(c2nc(-c3ccncn3)cc(=O)n2C)CCN1. The average molecular weight is 439 g/mol. The lowest BCUT2D eigenvalue weighted by molar-refractivity contribution is 0.159. The van der Waals surface area contributed by atoms with Gasteiger partial charge in [0.1, 0.15) is 18.7 Å². The van der Waals surface area contributed by atoms with Gasteiger partial charge in [0.15, 0.2) is 0 Å². The number of hydrogen-bond acceptors (Lipinski definition) is 8. The molecule has 0 aromatic carbocycles. The fraction of sp³-hybridized carbons (Fsp3) is 0.391. The quantitative estimate of drug-likeness (QED) is 0.394. The average Bonchev–Trinajstić information content (AvgIpc) is 2.85. The molecule has 0 amide bonds. The first-order valence-electron chi connectivity index (χ1n) is 10.1. The van der Waals surface area contributed by atoms with Gasteiger partial charge in [-0.2, -0.15) is 0 Å².